The Morgan fingerprint density at radius 1 is 1.07 bits per heavy atom. The summed E-state index contributed by atoms with van der Waals surface area (Å²) in [6, 6.07) is 0. The maximum Gasteiger partial charge on any atom is 0.254 e. The molecule has 0 unspecified atom stereocenters. The molecule has 2 amide bonds. The number of carbonyl (C=O) groups excluding carboxylic acids is 2. The quantitative estimate of drug-likeness (QED) is 0.631. The Balaban J connectivity index is 1.96. The highest BCUT2D eigenvalue weighted by molar-refractivity contribution is 6.13. The number of hydrogen-bond donors (Lipinski definition) is 1. The van der Waals surface area contributed by atoms with Crippen molar-refractivity contribution in [2.24, 2.45) is 0 Å². The Bertz CT molecular complexity index is 359. The van der Waals surface area contributed by atoms with Gasteiger partial charge in [0.15, 0.2) is 0 Å². The highest BCUT2D eigenvalue weighted by Gasteiger charge is 2.59. The highest BCUT2D eigenvalue weighted by Crippen LogP contribution is 2.54. The van der Waals surface area contributed by atoms with E-state index in [1.54, 1.807) is 0 Å². The van der Waals surface area contributed by atoms with Gasteiger partial charge in [-0.3, -0.25) is 14.5 Å². The molecule has 2 bridgehead atoms. The third kappa shape index (κ3) is 1.05. The monoisotopic (exact) mass is 207 g/mol. The van der Waals surface area contributed by atoms with Gasteiger partial charge >= 0.3 is 0 Å². The lowest BCUT2D eigenvalue weighted by atomic mass is 9.91. The van der Waals surface area contributed by atoms with E-state index in [4.69, 9.17) is 0 Å². The maximum absolute atomic E-state index is 11.6. The van der Waals surface area contributed by atoms with Gasteiger partial charge in [-0.25, -0.2) is 0 Å². The summed E-state index contributed by atoms with van der Waals surface area (Å²) in [6.07, 6.45) is 6.15. The molecular weight excluding hydrogens is 194 g/mol. The van der Waals surface area contributed by atoms with E-state index in [0.717, 1.165) is 12.8 Å². The Hall–Kier alpha value is -1.16. The summed E-state index contributed by atoms with van der Waals surface area (Å²) in [4.78, 5) is 24.5. The van der Waals surface area contributed by atoms with Crippen molar-refractivity contribution < 1.29 is 14.7 Å². The van der Waals surface area contributed by atoms with Gasteiger partial charge in [0.2, 0.25) is 0 Å². The summed E-state index contributed by atoms with van der Waals surface area (Å²) in [5.74, 6) is -0.433. The van der Waals surface area contributed by atoms with Gasteiger partial charge in [0.1, 0.15) is 0 Å². The minimum atomic E-state index is -0.622. The molecule has 2 aliphatic carbocycles. The van der Waals surface area contributed by atoms with Crippen LogP contribution in [-0.4, -0.2) is 33.0 Å². The topological polar surface area (TPSA) is 57.6 Å². The van der Waals surface area contributed by atoms with Crippen molar-refractivity contribution in [2.75, 3.05) is 0 Å². The Kier molecular flexibility index (Phi) is 1.51. The van der Waals surface area contributed by atoms with Gasteiger partial charge in [0.05, 0.1) is 11.1 Å². The van der Waals surface area contributed by atoms with Gasteiger partial charge in [-0.15, -0.1) is 0 Å². The molecule has 3 aliphatic rings. The van der Waals surface area contributed by atoms with Crippen LogP contribution >= 0.6 is 0 Å². The highest BCUT2D eigenvalue weighted by atomic mass is 16.3. The molecule has 0 aromatic carbocycles. The Morgan fingerprint density at radius 2 is 1.60 bits per heavy atom. The van der Waals surface area contributed by atoms with Gasteiger partial charge in [0, 0.05) is 12.2 Å². The summed E-state index contributed by atoms with van der Waals surface area (Å²) in [5.41, 5.74) is -1.00. The fourth-order valence-electron chi connectivity index (χ4n) is 3.32. The van der Waals surface area contributed by atoms with Crippen LogP contribution in [0.3, 0.4) is 0 Å². The van der Waals surface area contributed by atoms with E-state index in [1.165, 1.54) is 17.1 Å². The van der Waals surface area contributed by atoms with E-state index in [1.807, 2.05) is 0 Å². The molecule has 0 aromatic heterocycles. The second kappa shape index (κ2) is 2.50. The van der Waals surface area contributed by atoms with E-state index >= 15 is 0 Å². The fourth-order valence-corrected chi connectivity index (χ4v) is 3.32. The Morgan fingerprint density at radius 3 is 2.00 bits per heavy atom. The number of aliphatic hydroxyl groups is 1. The van der Waals surface area contributed by atoms with Crippen LogP contribution in [0.4, 0.5) is 0 Å². The molecule has 1 heterocycles. The van der Waals surface area contributed by atoms with Crippen LogP contribution in [0.25, 0.3) is 0 Å². The van der Waals surface area contributed by atoms with E-state index in [9.17, 15) is 14.7 Å². The van der Waals surface area contributed by atoms with Crippen LogP contribution in [0.5, 0.6) is 0 Å². The fraction of sp³-hybridized carbons (Fsp3) is 0.636. The van der Waals surface area contributed by atoms with Crippen LogP contribution in [0.15, 0.2) is 12.2 Å². The van der Waals surface area contributed by atoms with Crippen molar-refractivity contribution in [3.63, 3.8) is 0 Å². The first-order valence-corrected chi connectivity index (χ1v) is 5.33. The largest absolute Gasteiger partial charge is 0.390 e. The molecule has 4 nitrogen and oxygen atoms in total. The average Bonchev–Trinajstić information content (AvgIpc) is 2.78. The summed E-state index contributed by atoms with van der Waals surface area (Å²) in [5, 5.41) is 10.1. The van der Waals surface area contributed by atoms with E-state index in [-0.39, 0.29) is 17.4 Å². The van der Waals surface area contributed by atoms with Gasteiger partial charge in [-0.05, 0) is 32.1 Å². The van der Waals surface area contributed by atoms with Crippen molar-refractivity contribution in [1.82, 2.24) is 4.90 Å². The minimum absolute atomic E-state index is 0.217. The van der Waals surface area contributed by atoms with Crippen molar-refractivity contribution in [1.29, 1.82) is 0 Å². The minimum Gasteiger partial charge on any atom is -0.390 e. The second-order valence-corrected chi connectivity index (χ2v) is 4.97. The van der Waals surface area contributed by atoms with Crippen molar-refractivity contribution in [3.05, 3.63) is 12.2 Å². The number of amides is 2. The summed E-state index contributed by atoms with van der Waals surface area (Å²) in [6.45, 7) is 0. The van der Waals surface area contributed by atoms with Gasteiger partial charge in [0.25, 0.3) is 11.8 Å². The first kappa shape index (κ1) is 9.09. The molecule has 80 valence electrons. The first-order valence-electron chi connectivity index (χ1n) is 5.33. The van der Waals surface area contributed by atoms with Crippen molar-refractivity contribution in [2.45, 2.75) is 43.2 Å². The average molecular weight is 207 g/mol. The lowest BCUT2D eigenvalue weighted by Gasteiger charge is -2.35. The Labute approximate surface area is 87.6 Å². The van der Waals surface area contributed by atoms with Crippen molar-refractivity contribution in [3.8, 4) is 0 Å². The van der Waals surface area contributed by atoms with E-state index < -0.39 is 5.60 Å². The van der Waals surface area contributed by atoms with Crippen molar-refractivity contribution >= 4 is 11.8 Å². The van der Waals surface area contributed by atoms with Crippen LogP contribution in [0, 0.1) is 0 Å². The molecule has 1 N–H and O–H groups in total. The number of imide groups is 1. The molecule has 1 aliphatic heterocycles. The predicted octanol–water partition coefficient (Wildman–Crippen LogP) is 0.359. The van der Waals surface area contributed by atoms with Crippen LogP contribution in [-0.2, 0) is 9.59 Å². The van der Waals surface area contributed by atoms with Crippen LogP contribution < -0.4 is 0 Å². The molecule has 0 radical (unpaired) electrons. The van der Waals surface area contributed by atoms with Gasteiger partial charge in [-0.1, -0.05) is 0 Å². The SMILES string of the molecule is O=C1C=CC(=O)N1C12CCC(O)(CC1)C2. The molecule has 3 rings (SSSR count). The standard InChI is InChI=1S/C11H13NO3/c13-8-1-2-9(14)12(8)10-3-5-11(15,7-10)6-4-10/h1-2,15H,3-7H2. The number of nitrogens with zero attached hydrogens (tertiary/aromatic N) is 1. The van der Waals surface area contributed by atoms with Crippen LogP contribution in [0.2, 0.25) is 0 Å². The molecular formula is C11H13NO3. The summed E-state index contributed by atoms with van der Waals surface area (Å²) in [7, 11) is 0. The van der Waals surface area contributed by atoms with E-state index in [2.05, 4.69) is 0 Å². The number of fused-ring (bicyclic) bond motifs is 2. The summed E-state index contributed by atoms with van der Waals surface area (Å²) >= 11 is 0. The lowest BCUT2D eigenvalue weighted by Crippen LogP contribution is -2.49. The molecule has 0 aromatic rings. The molecule has 4 heteroatoms. The van der Waals surface area contributed by atoms with E-state index in [0.29, 0.717) is 19.3 Å². The predicted molar refractivity (Wildman–Crippen MR) is 51.8 cm³/mol. The number of carbonyl (C=O) groups is 2. The molecule has 0 spiro atoms. The normalized spacial score (nSPS) is 43.4. The smallest absolute Gasteiger partial charge is 0.254 e. The maximum atomic E-state index is 11.6. The zero-order valence-electron chi connectivity index (χ0n) is 8.40. The lowest BCUT2D eigenvalue weighted by molar-refractivity contribution is -0.143. The molecule has 2 saturated carbocycles. The zero-order valence-corrected chi connectivity index (χ0v) is 8.40. The number of hydrogen-bond acceptors (Lipinski definition) is 3. The third-order valence-electron chi connectivity index (χ3n) is 4.05. The molecule has 0 saturated heterocycles. The molecule has 2 fully saturated rings. The first-order chi connectivity index (χ1) is 7.05. The van der Waals surface area contributed by atoms with Gasteiger partial charge < -0.3 is 5.11 Å². The third-order valence-corrected chi connectivity index (χ3v) is 4.05. The zero-order chi connectivity index (χ0) is 10.7. The van der Waals surface area contributed by atoms with Gasteiger partial charge in [-0.2, -0.15) is 0 Å². The second-order valence-electron chi connectivity index (χ2n) is 4.97. The molecule has 15 heavy (non-hydrogen) atoms. The van der Waals surface area contributed by atoms with Crippen LogP contribution in [0.1, 0.15) is 32.1 Å². The summed E-state index contributed by atoms with van der Waals surface area (Å²) < 4.78 is 0. The number of rotatable bonds is 1. The molecule has 0 atom stereocenters.